The van der Waals surface area contributed by atoms with Gasteiger partial charge in [-0.2, -0.15) is 0 Å². The highest BCUT2D eigenvalue weighted by Crippen LogP contribution is 2.17. The van der Waals surface area contributed by atoms with Crippen molar-refractivity contribution in [2.24, 2.45) is 4.99 Å². The smallest absolute Gasteiger partial charge is 0.194 e. The number of nitrogens with zero attached hydrogens (tertiary/aromatic N) is 5. The molecule has 1 saturated heterocycles. The summed E-state index contributed by atoms with van der Waals surface area (Å²) in [5.74, 6) is 1.89. The Balaban J connectivity index is 1.51. The van der Waals surface area contributed by atoms with Gasteiger partial charge in [0.2, 0.25) is 0 Å². The van der Waals surface area contributed by atoms with Crippen LogP contribution in [0.4, 0.5) is 0 Å². The van der Waals surface area contributed by atoms with Crippen molar-refractivity contribution < 1.29 is 4.52 Å². The summed E-state index contributed by atoms with van der Waals surface area (Å²) in [6.07, 6.45) is 0.956. The van der Waals surface area contributed by atoms with E-state index in [1.54, 1.807) is 11.3 Å². The highest BCUT2D eigenvalue weighted by atomic mass is 32.1. The van der Waals surface area contributed by atoms with Crippen molar-refractivity contribution in [1.82, 2.24) is 25.3 Å². The first-order valence-corrected chi connectivity index (χ1v) is 10.5. The summed E-state index contributed by atoms with van der Waals surface area (Å²) in [4.78, 5) is 15.5. The van der Waals surface area contributed by atoms with Crippen molar-refractivity contribution in [3.05, 3.63) is 33.1 Å². The SMILES string of the molecule is CCNC(=NCCc1sc(C)nc1C)N1CCN(Cc2cc(C)on2)CC1. The molecule has 1 fully saturated rings. The lowest BCUT2D eigenvalue weighted by Gasteiger charge is -2.36. The molecule has 0 saturated carbocycles. The Morgan fingerprint density at radius 3 is 2.63 bits per heavy atom. The standard InChI is InChI=1S/C19H30N6OS/c1-5-20-19(21-7-6-18-15(3)22-16(4)27-18)25-10-8-24(9-11-25)13-17-12-14(2)26-23-17/h12H,5-11,13H2,1-4H3,(H,20,21). The van der Waals surface area contributed by atoms with Crippen LogP contribution in [0.15, 0.2) is 15.6 Å². The Morgan fingerprint density at radius 2 is 2.04 bits per heavy atom. The third-order valence-electron chi connectivity index (χ3n) is 4.67. The van der Waals surface area contributed by atoms with Gasteiger partial charge in [0.1, 0.15) is 5.76 Å². The molecule has 3 heterocycles. The molecule has 0 bridgehead atoms. The van der Waals surface area contributed by atoms with E-state index in [4.69, 9.17) is 9.52 Å². The van der Waals surface area contributed by atoms with E-state index in [1.807, 2.05) is 13.0 Å². The zero-order valence-electron chi connectivity index (χ0n) is 16.8. The number of aromatic nitrogens is 2. The van der Waals surface area contributed by atoms with Crippen molar-refractivity contribution in [2.75, 3.05) is 39.3 Å². The molecule has 2 aromatic rings. The van der Waals surface area contributed by atoms with Crippen LogP contribution in [-0.2, 0) is 13.0 Å². The van der Waals surface area contributed by atoms with E-state index in [2.05, 4.69) is 46.0 Å². The average molecular weight is 391 g/mol. The minimum absolute atomic E-state index is 0.795. The summed E-state index contributed by atoms with van der Waals surface area (Å²) in [7, 11) is 0. The van der Waals surface area contributed by atoms with Crippen LogP contribution < -0.4 is 5.32 Å². The third-order valence-corrected chi connectivity index (χ3v) is 5.80. The molecule has 0 spiro atoms. The monoisotopic (exact) mass is 390 g/mol. The highest BCUT2D eigenvalue weighted by Gasteiger charge is 2.20. The molecule has 1 aliphatic rings. The summed E-state index contributed by atoms with van der Waals surface area (Å²) in [6.45, 7) is 14.7. The number of thiazole rings is 1. The molecule has 27 heavy (non-hydrogen) atoms. The number of piperazine rings is 1. The van der Waals surface area contributed by atoms with Gasteiger partial charge in [-0.05, 0) is 27.7 Å². The third kappa shape index (κ3) is 5.52. The lowest BCUT2D eigenvalue weighted by atomic mass is 10.3. The Labute approximate surface area is 165 Å². The minimum atomic E-state index is 0.795. The van der Waals surface area contributed by atoms with Crippen molar-refractivity contribution in [3.8, 4) is 0 Å². The molecule has 148 valence electrons. The van der Waals surface area contributed by atoms with Gasteiger partial charge in [0, 0.05) is 63.2 Å². The molecule has 0 aliphatic carbocycles. The Hall–Kier alpha value is -1.93. The van der Waals surface area contributed by atoms with Crippen LogP contribution in [-0.4, -0.2) is 65.2 Å². The summed E-state index contributed by atoms with van der Waals surface area (Å²) in [5.41, 5.74) is 2.16. The van der Waals surface area contributed by atoms with E-state index in [0.717, 1.165) is 80.3 Å². The van der Waals surface area contributed by atoms with Gasteiger partial charge in [-0.15, -0.1) is 11.3 Å². The molecule has 3 rings (SSSR count). The molecular formula is C19H30N6OS. The molecule has 0 amide bonds. The number of aryl methyl sites for hydroxylation is 3. The van der Waals surface area contributed by atoms with Crippen LogP contribution in [0.5, 0.6) is 0 Å². The van der Waals surface area contributed by atoms with Crippen LogP contribution >= 0.6 is 11.3 Å². The normalized spacial score (nSPS) is 16.1. The van der Waals surface area contributed by atoms with E-state index in [-0.39, 0.29) is 0 Å². The Kier molecular flexibility index (Phi) is 6.84. The molecule has 0 atom stereocenters. The van der Waals surface area contributed by atoms with E-state index < -0.39 is 0 Å². The van der Waals surface area contributed by atoms with E-state index in [0.29, 0.717) is 0 Å². The van der Waals surface area contributed by atoms with Gasteiger partial charge >= 0.3 is 0 Å². The molecule has 2 aromatic heterocycles. The molecule has 0 unspecified atom stereocenters. The number of guanidine groups is 1. The van der Waals surface area contributed by atoms with Gasteiger partial charge in [0.25, 0.3) is 0 Å². The van der Waals surface area contributed by atoms with Crippen molar-refractivity contribution in [2.45, 2.75) is 40.7 Å². The second kappa shape index (κ2) is 9.32. The van der Waals surface area contributed by atoms with Crippen LogP contribution in [0.25, 0.3) is 0 Å². The van der Waals surface area contributed by atoms with Gasteiger partial charge in [-0.25, -0.2) is 4.98 Å². The maximum absolute atomic E-state index is 5.17. The van der Waals surface area contributed by atoms with Crippen molar-refractivity contribution in [3.63, 3.8) is 0 Å². The van der Waals surface area contributed by atoms with Gasteiger partial charge in [0.05, 0.1) is 16.4 Å². The first-order valence-electron chi connectivity index (χ1n) is 9.66. The molecule has 1 N–H and O–H groups in total. The molecular weight excluding hydrogens is 360 g/mol. The van der Waals surface area contributed by atoms with Gasteiger partial charge in [0.15, 0.2) is 5.96 Å². The zero-order chi connectivity index (χ0) is 19.2. The van der Waals surface area contributed by atoms with E-state index in [9.17, 15) is 0 Å². The lowest BCUT2D eigenvalue weighted by molar-refractivity contribution is 0.169. The van der Waals surface area contributed by atoms with Gasteiger partial charge in [-0.1, -0.05) is 5.16 Å². The minimum Gasteiger partial charge on any atom is -0.361 e. The number of hydrogen-bond acceptors (Lipinski definition) is 6. The van der Waals surface area contributed by atoms with Crippen LogP contribution in [0.3, 0.4) is 0 Å². The Bertz CT molecular complexity index is 760. The van der Waals surface area contributed by atoms with Crippen LogP contribution in [0.1, 0.15) is 34.0 Å². The summed E-state index contributed by atoms with van der Waals surface area (Å²) in [5, 5.41) is 8.68. The average Bonchev–Trinajstić information content (AvgIpc) is 3.19. The number of rotatable bonds is 6. The maximum Gasteiger partial charge on any atom is 0.194 e. The second-order valence-corrected chi connectivity index (χ2v) is 8.21. The fourth-order valence-electron chi connectivity index (χ4n) is 3.33. The molecule has 1 aliphatic heterocycles. The Morgan fingerprint density at radius 1 is 1.26 bits per heavy atom. The highest BCUT2D eigenvalue weighted by molar-refractivity contribution is 7.11. The predicted octanol–water partition coefficient (Wildman–Crippen LogP) is 2.38. The lowest BCUT2D eigenvalue weighted by Crippen LogP contribution is -2.52. The fourth-order valence-corrected chi connectivity index (χ4v) is 4.26. The van der Waals surface area contributed by atoms with Crippen molar-refractivity contribution >= 4 is 17.3 Å². The summed E-state index contributed by atoms with van der Waals surface area (Å²) >= 11 is 1.78. The number of hydrogen-bond donors (Lipinski definition) is 1. The molecule has 8 heteroatoms. The number of nitrogens with one attached hydrogen (secondary N) is 1. The van der Waals surface area contributed by atoms with Crippen LogP contribution in [0.2, 0.25) is 0 Å². The van der Waals surface area contributed by atoms with E-state index in [1.165, 1.54) is 4.88 Å². The molecule has 0 radical (unpaired) electrons. The van der Waals surface area contributed by atoms with Gasteiger partial charge < -0.3 is 14.7 Å². The van der Waals surface area contributed by atoms with Crippen molar-refractivity contribution in [1.29, 1.82) is 0 Å². The maximum atomic E-state index is 5.17. The van der Waals surface area contributed by atoms with Gasteiger partial charge in [-0.3, -0.25) is 9.89 Å². The van der Waals surface area contributed by atoms with Crippen LogP contribution in [0, 0.1) is 20.8 Å². The van der Waals surface area contributed by atoms with E-state index >= 15 is 0 Å². The summed E-state index contributed by atoms with van der Waals surface area (Å²) in [6, 6.07) is 2.01. The second-order valence-electron chi connectivity index (χ2n) is 6.92. The largest absolute Gasteiger partial charge is 0.361 e. The first-order chi connectivity index (χ1) is 13.0. The number of aliphatic imine (C=N–C) groups is 1. The first kappa shape index (κ1) is 19.8. The fraction of sp³-hybridized carbons (Fsp3) is 0.632. The topological polar surface area (TPSA) is 69.8 Å². The predicted molar refractivity (Wildman–Crippen MR) is 109 cm³/mol. The zero-order valence-corrected chi connectivity index (χ0v) is 17.6. The molecule has 0 aromatic carbocycles. The summed E-state index contributed by atoms with van der Waals surface area (Å²) < 4.78 is 5.17. The molecule has 7 nitrogen and oxygen atoms in total. The quantitative estimate of drug-likeness (QED) is 0.603.